The second-order valence-electron chi connectivity index (χ2n) is 10.9. The molecule has 1 aromatic heterocycles. The van der Waals surface area contributed by atoms with Gasteiger partial charge in [-0.3, -0.25) is 18.3 Å². The lowest BCUT2D eigenvalue weighted by Gasteiger charge is -2.25. The highest BCUT2D eigenvalue weighted by Gasteiger charge is 2.39. The van der Waals surface area contributed by atoms with Gasteiger partial charge in [-0.2, -0.15) is 0 Å². The molecule has 0 atom stereocenters. The number of hydrogen-bond donors (Lipinski definition) is 1. The van der Waals surface area contributed by atoms with Crippen LogP contribution < -0.4 is 9.62 Å². The topological polar surface area (TPSA) is 96.7 Å². The Hall–Kier alpha value is -4.05. The average Bonchev–Trinajstić information content (AvgIpc) is 3.56. The summed E-state index contributed by atoms with van der Waals surface area (Å²) in [5, 5.41) is 3.47. The highest BCUT2D eigenvalue weighted by Crippen LogP contribution is 2.42. The first-order valence-electron chi connectivity index (χ1n) is 13.8. The van der Waals surface area contributed by atoms with Crippen molar-refractivity contribution < 1.29 is 31.2 Å². The fourth-order valence-corrected chi connectivity index (χ4v) is 5.95. The standard InChI is InChI=1S/C32H32F2N2O5S/c1-4-27(37)29-25-18-24(21-7-5-8-22(17-21)31(38)35-32(2)13-14-32)26(36(16-6-15-33)42(3,39)40)19-28(25)41-30(29)20-9-11-23(34)12-10-20/h5,7-12,17-19H,4,6,13-16H2,1-3H3,(H,35,38). The smallest absolute Gasteiger partial charge is 0.251 e. The SMILES string of the molecule is CCC(=O)c1c(-c2ccc(F)cc2)oc2cc(N(CCCF)S(C)(=O)=O)c(-c3cccc(C(=O)NC4(C)CC4)c3)cc12. The number of sulfonamides is 1. The summed E-state index contributed by atoms with van der Waals surface area (Å²) in [6, 6.07) is 15.6. The number of carbonyl (C=O) groups excluding carboxylic acids is 2. The summed E-state index contributed by atoms with van der Waals surface area (Å²) in [4.78, 5) is 26.3. The molecule has 3 aromatic carbocycles. The quantitative estimate of drug-likeness (QED) is 0.191. The minimum absolute atomic E-state index is 0.0376. The molecule has 7 nitrogen and oxygen atoms in total. The third-order valence-electron chi connectivity index (χ3n) is 7.53. The summed E-state index contributed by atoms with van der Waals surface area (Å²) in [6.07, 6.45) is 2.95. The van der Waals surface area contributed by atoms with Crippen molar-refractivity contribution >= 4 is 38.4 Å². The van der Waals surface area contributed by atoms with Gasteiger partial charge in [-0.15, -0.1) is 0 Å². The number of alkyl halides is 1. The molecule has 0 aliphatic heterocycles. The summed E-state index contributed by atoms with van der Waals surface area (Å²) in [5.74, 6) is -0.671. The van der Waals surface area contributed by atoms with E-state index in [4.69, 9.17) is 4.42 Å². The van der Waals surface area contributed by atoms with Crippen molar-refractivity contribution in [3.63, 3.8) is 0 Å². The molecule has 42 heavy (non-hydrogen) atoms. The van der Waals surface area contributed by atoms with Crippen LogP contribution in [0.3, 0.4) is 0 Å². The number of fused-ring (bicyclic) bond motifs is 1. The van der Waals surface area contributed by atoms with Gasteiger partial charge in [0.15, 0.2) is 5.78 Å². The third-order valence-corrected chi connectivity index (χ3v) is 8.71. The molecule has 0 radical (unpaired) electrons. The molecule has 10 heteroatoms. The zero-order chi connectivity index (χ0) is 30.2. The van der Waals surface area contributed by atoms with Gasteiger partial charge in [0.1, 0.15) is 17.2 Å². The second-order valence-corrected chi connectivity index (χ2v) is 12.8. The minimum Gasteiger partial charge on any atom is -0.455 e. The maximum absolute atomic E-state index is 13.7. The number of benzene rings is 3. The van der Waals surface area contributed by atoms with Gasteiger partial charge < -0.3 is 9.73 Å². The van der Waals surface area contributed by atoms with E-state index in [-0.39, 0.29) is 59.2 Å². The van der Waals surface area contributed by atoms with Gasteiger partial charge in [-0.1, -0.05) is 19.1 Å². The van der Waals surface area contributed by atoms with Gasteiger partial charge >= 0.3 is 0 Å². The molecule has 1 aliphatic carbocycles. The van der Waals surface area contributed by atoms with Gasteiger partial charge in [-0.25, -0.2) is 12.8 Å². The van der Waals surface area contributed by atoms with Crippen molar-refractivity contribution in [3.05, 3.63) is 77.6 Å². The van der Waals surface area contributed by atoms with Gasteiger partial charge in [0, 0.05) is 46.6 Å². The molecule has 220 valence electrons. The fraction of sp³-hybridized carbons (Fsp3) is 0.312. The van der Waals surface area contributed by atoms with Crippen molar-refractivity contribution in [2.45, 2.75) is 45.1 Å². The number of Topliss-reactive ketones (excluding diaryl/α,β-unsaturated/α-hetero) is 1. The number of hydrogen-bond acceptors (Lipinski definition) is 5. The molecule has 5 rings (SSSR count). The summed E-state index contributed by atoms with van der Waals surface area (Å²) < 4.78 is 60.2. The Morgan fingerprint density at radius 1 is 1.05 bits per heavy atom. The van der Waals surface area contributed by atoms with E-state index >= 15 is 0 Å². The van der Waals surface area contributed by atoms with Crippen molar-refractivity contribution in [1.82, 2.24) is 5.32 Å². The zero-order valence-corrected chi connectivity index (χ0v) is 24.5. The Morgan fingerprint density at radius 2 is 1.76 bits per heavy atom. The first-order valence-corrected chi connectivity index (χ1v) is 15.7. The van der Waals surface area contributed by atoms with Crippen molar-refractivity contribution in [1.29, 1.82) is 0 Å². The molecular formula is C32H32F2N2O5S. The third kappa shape index (κ3) is 5.94. The van der Waals surface area contributed by atoms with Crippen LogP contribution in [-0.2, 0) is 10.0 Å². The van der Waals surface area contributed by atoms with Gasteiger partial charge in [0.25, 0.3) is 5.91 Å². The van der Waals surface area contributed by atoms with Crippen LogP contribution in [0.1, 0.15) is 60.2 Å². The van der Waals surface area contributed by atoms with Crippen LogP contribution >= 0.6 is 0 Å². The number of furan rings is 1. The molecule has 0 saturated heterocycles. The molecule has 1 amide bonds. The molecule has 1 aliphatic rings. The van der Waals surface area contributed by atoms with Crippen molar-refractivity contribution in [3.8, 4) is 22.5 Å². The zero-order valence-electron chi connectivity index (χ0n) is 23.7. The molecule has 0 unspecified atom stereocenters. The summed E-state index contributed by atoms with van der Waals surface area (Å²) >= 11 is 0. The number of rotatable bonds is 11. The number of amides is 1. The van der Waals surface area contributed by atoms with Crippen molar-refractivity contribution in [2.75, 3.05) is 23.8 Å². The maximum atomic E-state index is 13.7. The van der Waals surface area contributed by atoms with E-state index in [0.29, 0.717) is 27.6 Å². The number of nitrogens with one attached hydrogen (secondary N) is 1. The molecule has 1 heterocycles. The Morgan fingerprint density at radius 3 is 2.38 bits per heavy atom. The Labute approximate surface area is 243 Å². The van der Waals surface area contributed by atoms with Gasteiger partial charge in [-0.05, 0) is 74.2 Å². The number of nitrogens with zero attached hydrogens (tertiary/aromatic N) is 1. The largest absolute Gasteiger partial charge is 0.455 e. The Bertz CT molecular complexity index is 1780. The fourth-order valence-electron chi connectivity index (χ4n) is 4.98. The molecule has 0 spiro atoms. The molecule has 1 N–H and O–H groups in total. The van der Waals surface area contributed by atoms with Gasteiger partial charge in [0.05, 0.1) is 24.2 Å². The van der Waals surface area contributed by atoms with E-state index in [9.17, 15) is 26.8 Å². The first-order chi connectivity index (χ1) is 19.9. The first kappa shape index (κ1) is 29.4. The normalized spacial score (nSPS) is 14.1. The molecule has 1 fully saturated rings. The molecule has 4 aromatic rings. The van der Waals surface area contributed by atoms with E-state index in [0.717, 1.165) is 23.4 Å². The number of halogens is 2. The maximum Gasteiger partial charge on any atom is 0.251 e. The van der Waals surface area contributed by atoms with E-state index in [1.807, 2.05) is 6.92 Å². The molecule has 1 saturated carbocycles. The minimum atomic E-state index is -3.88. The van der Waals surface area contributed by atoms with Crippen LogP contribution in [0.5, 0.6) is 0 Å². The van der Waals surface area contributed by atoms with Crippen molar-refractivity contribution in [2.24, 2.45) is 0 Å². The average molecular weight is 595 g/mol. The van der Waals surface area contributed by atoms with E-state index in [2.05, 4.69) is 5.32 Å². The lowest BCUT2D eigenvalue weighted by molar-refractivity contribution is 0.0934. The Kier molecular flexibility index (Phi) is 7.94. The van der Waals surface area contributed by atoms with E-state index in [1.165, 1.54) is 30.3 Å². The van der Waals surface area contributed by atoms with Crippen LogP contribution in [0.25, 0.3) is 33.4 Å². The van der Waals surface area contributed by atoms with Crippen LogP contribution in [0.4, 0.5) is 14.5 Å². The molecular weight excluding hydrogens is 562 g/mol. The summed E-state index contributed by atoms with van der Waals surface area (Å²) in [6.45, 7) is 2.84. The van der Waals surface area contributed by atoms with E-state index in [1.54, 1.807) is 37.3 Å². The number of ketones is 1. The predicted molar refractivity (Wildman–Crippen MR) is 160 cm³/mol. The number of anilines is 1. The lowest BCUT2D eigenvalue weighted by atomic mass is 9.95. The highest BCUT2D eigenvalue weighted by molar-refractivity contribution is 7.92. The number of carbonyl (C=O) groups is 2. The molecule has 0 bridgehead atoms. The van der Waals surface area contributed by atoms with Crippen LogP contribution in [0.15, 0.2) is 65.1 Å². The summed E-state index contributed by atoms with van der Waals surface area (Å²) in [5.41, 5.74) is 2.36. The van der Waals surface area contributed by atoms with Gasteiger partial charge in [0.2, 0.25) is 10.0 Å². The second kappa shape index (κ2) is 11.3. The lowest BCUT2D eigenvalue weighted by Crippen LogP contribution is -2.34. The predicted octanol–water partition coefficient (Wildman–Crippen LogP) is 6.91. The van der Waals surface area contributed by atoms with Crippen LogP contribution in [-0.4, -0.2) is 45.1 Å². The highest BCUT2D eigenvalue weighted by atomic mass is 32.2. The van der Waals surface area contributed by atoms with E-state index < -0.39 is 22.5 Å². The monoisotopic (exact) mass is 594 g/mol. The van der Waals surface area contributed by atoms with Crippen LogP contribution in [0.2, 0.25) is 0 Å². The Balaban J connectivity index is 1.77. The van der Waals surface area contributed by atoms with Crippen LogP contribution in [0, 0.1) is 5.82 Å². The summed E-state index contributed by atoms with van der Waals surface area (Å²) in [7, 11) is -3.88.